The molecule has 2 aromatic heterocycles. The van der Waals surface area contributed by atoms with Gasteiger partial charge in [0.2, 0.25) is 0 Å². The van der Waals surface area contributed by atoms with Gasteiger partial charge in [0.05, 0.1) is 5.52 Å². The molecule has 0 N–H and O–H groups in total. The van der Waals surface area contributed by atoms with E-state index in [9.17, 15) is 0 Å². The number of nitrogens with zero attached hydrogens (tertiary/aromatic N) is 2. The van der Waals surface area contributed by atoms with E-state index in [1.54, 1.807) is 0 Å². The van der Waals surface area contributed by atoms with E-state index in [1.807, 2.05) is 11.3 Å². The van der Waals surface area contributed by atoms with Crippen LogP contribution in [0.2, 0.25) is 0 Å². The molecule has 0 amide bonds. The van der Waals surface area contributed by atoms with Gasteiger partial charge in [0.15, 0.2) is 0 Å². The highest BCUT2D eigenvalue weighted by atomic mass is 32.1. The molecule has 0 unspecified atom stereocenters. The van der Waals surface area contributed by atoms with Crippen molar-refractivity contribution in [3.8, 4) is 5.69 Å². The molecular formula is C36H21BN2S. The number of anilines is 3. The molecule has 0 fully saturated rings. The standard InChI is InChI=1S/C36H21BN2S/c1-2-10-22(11-3-1)38-28-16-6-5-14-26(28)37-27-15-8-13-23-24-20-21-32-33(25-12-4-7-19-31(25)40-32)36(24)39(35(23)27)30-18-9-17-29(38)34(30)37/h1-21H. The van der Waals surface area contributed by atoms with E-state index >= 15 is 0 Å². The molecule has 0 bridgehead atoms. The minimum absolute atomic E-state index is 0.178. The summed E-state index contributed by atoms with van der Waals surface area (Å²) in [7, 11) is 0. The number of aromatic nitrogens is 1. The minimum atomic E-state index is 0.178. The van der Waals surface area contributed by atoms with Crippen LogP contribution in [0.4, 0.5) is 17.1 Å². The van der Waals surface area contributed by atoms with Gasteiger partial charge in [-0.15, -0.1) is 11.3 Å². The molecule has 0 atom stereocenters. The Bertz CT molecular complexity index is 2350. The number of fused-ring (bicyclic) bond motifs is 11. The van der Waals surface area contributed by atoms with Gasteiger partial charge in [0.1, 0.15) is 0 Å². The van der Waals surface area contributed by atoms with Gasteiger partial charge >= 0.3 is 0 Å². The fourth-order valence-electron chi connectivity index (χ4n) is 7.49. The van der Waals surface area contributed by atoms with Gasteiger partial charge in [-0.2, -0.15) is 0 Å². The summed E-state index contributed by atoms with van der Waals surface area (Å²) in [5.41, 5.74) is 11.8. The van der Waals surface area contributed by atoms with Crippen molar-refractivity contribution in [2.75, 3.05) is 4.90 Å². The average Bonchev–Trinajstić information content (AvgIpc) is 3.56. The second kappa shape index (κ2) is 7.44. The van der Waals surface area contributed by atoms with E-state index in [2.05, 4.69) is 137 Å². The van der Waals surface area contributed by atoms with E-state index in [0.717, 1.165) is 0 Å². The van der Waals surface area contributed by atoms with Crippen LogP contribution in [-0.4, -0.2) is 11.3 Å². The van der Waals surface area contributed by atoms with Crippen LogP contribution in [-0.2, 0) is 0 Å². The number of benzene rings is 6. The predicted octanol–water partition coefficient (Wildman–Crippen LogP) is 7.76. The Hall–Kier alpha value is -4.80. The Morgan fingerprint density at radius 3 is 2.12 bits per heavy atom. The van der Waals surface area contributed by atoms with Gasteiger partial charge in [0.25, 0.3) is 6.71 Å². The minimum Gasteiger partial charge on any atom is -0.311 e. The Morgan fingerprint density at radius 1 is 0.475 bits per heavy atom. The normalized spacial score (nSPS) is 13.4. The van der Waals surface area contributed by atoms with Gasteiger partial charge in [-0.1, -0.05) is 84.9 Å². The largest absolute Gasteiger partial charge is 0.311 e. The first-order valence-corrected chi connectivity index (χ1v) is 14.6. The third kappa shape index (κ3) is 2.46. The van der Waals surface area contributed by atoms with Crippen molar-refractivity contribution in [2.45, 2.75) is 0 Å². The topological polar surface area (TPSA) is 8.17 Å². The zero-order valence-corrected chi connectivity index (χ0v) is 22.3. The molecule has 2 nitrogen and oxygen atoms in total. The van der Waals surface area contributed by atoms with Gasteiger partial charge in [-0.25, -0.2) is 0 Å². The molecule has 184 valence electrons. The van der Waals surface area contributed by atoms with Crippen LogP contribution in [0, 0.1) is 0 Å². The summed E-state index contributed by atoms with van der Waals surface area (Å²) in [5.74, 6) is 0. The highest BCUT2D eigenvalue weighted by molar-refractivity contribution is 7.26. The average molecular weight is 524 g/mol. The number of rotatable bonds is 1. The molecule has 40 heavy (non-hydrogen) atoms. The summed E-state index contributed by atoms with van der Waals surface area (Å²) in [6.07, 6.45) is 0. The first kappa shape index (κ1) is 21.1. The number of para-hydroxylation sites is 3. The molecule has 2 aliphatic rings. The summed E-state index contributed by atoms with van der Waals surface area (Å²) < 4.78 is 5.28. The molecule has 2 aliphatic heterocycles. The molecule has 0 radical (unpaired) electrons. The molecule has 0 spiro atoms. The smallest absolute Gasteiger partial charge is 0.252 e. The Balaban J connectivity index is 1.43. The van der Waals surface area contributed by atoms with Gasteiger partial charge in [-0.05, 0) is 58.9 Å². The van der Waals surface area contributed by atoms with E-state index in [1.165, 1.54) is 81.1 Å². The molecule has 10 rings (SSSR count). The molecule has 4 heteroatoms. The lowest BCUT2D eigenvalue weighted by Crippen LogP contribution is -2.60. The monoisotopic (exact) mass is 524 g/mol. The SMILES string of the molecule is c1ccc(N2c3ccccc3B3c4c2cccc4-n2c4c3cccc4c3ccc4sc5ccccc5c4c32)cc1. The van der Waals surface area contributed by atoms with Crippen LogP contribution in [0.5, 0.6) is 0 Å². The van der Waals surface area contributed by atoms with Crippen molar-refractivity contribution >= 4 is 93.5 Å². The molecule has 4 heterocycles. The third-order valence-corrected chi connectivity index (χ3v) is 10.1. The highest BCUT2D eigenvalue weighted by Gasteiger charge is 2.41. The first-order chi connectivity index (χ1) is 19.9. The van der Waals surface area contributed by atoms with Gasteiger partial charge in [-0.3, -0.25) is 0 Å². The fourth-order valence-corrected chi connectivity index (χ4v) is 8.60. The zero-order chi connectivity index (χ0) is 25.9. The second-order valence-corrected chi connectivity index (χ2v) is 12.0. The lowest BCUT2D eigenvalue weighted by Gasteiger charge is -2.40. The summed E-state index contributed by atoms with van der Waals surface area (Å²) in [6.45, 7) is 0.178. The van der Waals surface area contributed by atoms with E-state index in [0.29, 0.717) is 0 Å². The lowest BCUT2D eigenvalue weighted by molar-refractivity contribution is 1.18. The highest BCUT2D eigenvalue weighted by Crippen LogP contribution is 2.45. The molecular weight excluding hydrogens is 503 g/mol. The second-order valence-electron chi connectivity index (χ2n) is 10.9. The van der Waals surface area contributed by atoms with E-state index in [-0.39, 0.29) is 6.71 Å². The first-order valence-electron chi connectivity index (χ1n) is 13.8. The molecule has 8 aromatic rings. The van der Waals surface area contributed by atoms with Crippen molar-refractivity contribution in [3.63, 3.8) is 0 Å². The van der Waals surface area contributed by atoms with Crippen LogP contribution in [0.15, 0.2) is 127 Å². The van der Waals surface area contributed by atoms with Crippen LogP contribution in [0.3, 0.4) is 0 Å². The van der Waals surface area contributed by atoms with Crippen molar-refractivity contribution in [3.05, 3.63) is 127 Å². The lowest BCUT2D eigenvalue weighted by atomic mass is 9.34. The maximum absolute atomic E-state index is 2.59. The van der Waals surface area contributed by atoms with Crippen molar-refractivity contribution < 1.29 is 0 Å². The zero-order valence-electron chi connectivity index (χ0n) is 21.5. The quantitative estimate of drug-likeness (QED) is 0.199. The maximum atomic E-state index is 2.59. The van der Waals surface area contributed by atoms with Crippen molar-refractivity contribution in [2.24, 2.45) is 0 Å². The number of hydrogen-bond acceptors (Lipinski definition) is 2. The fraction of sp³-hybridized carbons (Fsp3) is 0. The summed E-state index contributed by atoms with van der Waals surface area (Å²) in [6, 6.07) is 47.2. The predicted molar refractivity (Wildman–Crippen MR) is 173 cm³/mol. The molecule has 0 aliphatic carbocycles. The van der Waals surface area contributed by atoms with Crippen LogP contribution >= 0.6 is 11.3 Å². The third-order valence-electron chi connectivity index (χ3n) is 8.97. The summed E-state index contributed by atoms with van der Waals surface area (Å²) in [5, 5.41) is 5.38. The van der Waals surface area contributed by atoms with E-state index in [4.69, 9.17) is 0 Å². The van der Waals surface area contributed by atoms with Crippen LogP contribution in [0.1, 0.15) is 0 Å². The Labute approximate surface area is 235 Å². The Morgan fingerprint density at radius 2 is 1.18 bits per heavy atom. The number of thiophene rings is 1. The van der Waals surface area contributed by atoms with Crippen molar-refractivity contribution in [1.82, 2.24) is 4.57 Å². The Kier molecular flexibility index (Phi) is 3.92. The molecule has 0 saturated carbocycles. The van der Waals surface area contributed by atoms with Crippen LogP contribution < -0.4 is 21.3 Å². The van der Waals surface area contributed by atoms with Gasteiger partial charge in [0, 0.05) is 59.2 Å². The van der Waals surface area contributed by atoms with Gasteiger partial charge < -0.3 is 9.47 Å². The summed E-state index contributed by atoms with van der Waals surface area (Å²) in [4.78, 5) is 2.46. The summed E-state index contributed by atoms with van der Waals surface area (Å²) >= 11 is 1.90. The number of hydrogen-bond donors (Lipinski definition) is 0. The molecule has 6 aromatic carbocycles. The molecule has 0 saturated heterocycles. The van der Waals surface area contributed by atoms with E-state index < -0.39 is 0 Å². The van der Waals surface area contributed by atoms with Crippen LogP contribution in [0.25, 0.3) is 47.7 Å². The van der Waals surface area contributed by atoms with Crippen molar-refractivity contribution in [1.29, 1.82) is 0 Å². The maximum Gasteiger partial charge on any atom is 0.252 e.